The van der Waals surface area contributed by atoms with E-state index in [9.17, 15) is 0 Å². The molecule has 4 heteroatoms. The Bertz CT molecular complexity index is 811. The first-order valence-electron chi connectivity index (χ1n) is 20.9. The van der Waals surface area contributed by atoms with Crippen LogP contribution in [0.3, 0.4) is 0 Å². The van der Waals surface area contributed by atoms with Gasteiger partial charge in [-0.15, -0.1) is 0 Å². The fourth-order valence-electron chi connectivity index (χ4n) is 6.65. The molecule has 0 spiro atoms. The van der Waals surface area contributed by atoms with Gasteiger partial charge in [0.05, 0.1) is 18.8 Å². The van der Waals surface area contributed by atoms with Crippen molar-refractivity contribution in [1.29, 1.82) is 5.41 Å². The van der Waals surface area contributed by atoms with Crippen molar-refractivity contribution >= 4 is 5.84 Å². The van der Waals surface area contributed by atoms with Crippen LogP contribution >= 0.6 is 0 Å². The van der Waals surface area contributed by atoms with Gasteiger partial charge in [0.1, 0.15) is 5.84 Å². The zero-order valence-corrected chi connectivity index (χ0v) is 31.7. The standard InChI is InChI=1S/C43H80N2O2/c1-3-5-7-9-11-13-15-17-19-21-23-25-27-29-31-33-38-46-41-37-35-36-40(43(44)45)42(41)47-39-34-32-30-28-26-24-22-20-18-16-14-12-10-8-6-4-2/h35-37H,3-34,38-39H2,1-2H3,(H3,44,45). The van der Waals surface area contributed by atoms with Crippen LogP contribution in [0.2, 0.25) is 0 Å². The number of hydrogen-bond donors (Lipinski definition) is 2. The minimum Gasteiger partial charge on any atom is -0.490 e. The van der Waals surface area contributed by atoms with Crippen LogP contribution in [0.1, 0.15) is 225 Å². The SMILES string of the molecule is CCCCCCCCCCCCCCCCCCOc1cccc(C(=N)N)c1OCCCCCCCCCCCCCCCCCC. The molecule has 0 aliphatic heterocycles. The van der Waals surface area contributed by atoms with Gasteiger partial charge in [-0.05, 0) is 25.0 Å². The maximum Gasteiger partial charge on any atom is 0.172 e. The highest BCUT2D eigenvalue weighted by atomic mass is 16.5. The van der Waals surface area contributed by atoms with Crippen molar-refractivity contribution in [2.75, 3.05) is 13.2 Å². The number of para-hydroxylation sites is 1. The van der Waals surface area contributed by atoms with Crippen molar-refractivity contribution in [3.05, 3.63) is 23.8 Å². The summed E-state index contributed by atoms with van der Waals surface area (Å²) in [5.74, 6) is 1.42. The molecule has 1 rings (SSSR count). The first-order valence-corrected chi connectivity index (χ1v) is 20.9. The number of nitrogens with two attached hydrogens (primary N) is 1. The molecule has 0 aliphatic rings. The highest BCUT2D eigenvalue weighted by Crippen LogP contribution is 2.32. The third kappa shape index (κ3) is 26.9. The first kappa shape index (κ1) is 43.3. The zero-order chi connectivity index (χ0) is 33.9. The van der Waals surface area contributed by atoms with Crippen LogP contribution in [0.4, 0.5) is 0 Å². The van der Waals surface area contributed by atoms with E-state index in [1.165, 1.54) is 193 Å². The van der Waals surface area contributed by atoms with Gasteiger partial charge in [-0.25, -0.2) is 0 Å². The molecule has 47 heavy (non-hydrogen) atoms. The van der Waals surface area contributed by atoms with Crippen LogP contribution in [0.5, 0.6) is 11.5 Å². The Morgan fingerprint density at radius 2 is 0.745 bits per heavy atom. The molecule has 0 saturated carbocycles. The Hall–Kier alpha value is -1.71. The van der Waals surface area contributed by atoms with Crippen LogP contribution in [-0.2, 0) is 0 Å². The summed E-state index contributed by atoms with van der Waals surface area (Å²) in [7, 11) is 0. The largest absolute Gasteiger partial charge is 0.490 e. The minimum absolute atomic E-state index is 0.0415. The molecule has 1 aromatic rings. The predicted octanol–water partition coefficient (Wildman–Crippen LogP) is 14.3. The zero-order valence-electron chi connectivity index (χ0n) is 31.7. The normalized spacial score (nSPS) is 11.3. The molecule has 0 fully saturated rings. The van der Waals surface area contributed by atoms with Crippen molar-refractivity contribution in [2.45, 2.75) is 219 Å². The molecule has 0 aliphatic carbocycles. The van der Waals surface area contributed by atoms with Gasteiger partial charge in [-0.2, -0.15) is 0 Å². The third-order valence-electron chi connectivity index (χ3n) is 9.77. The van der Waals surface area contributed by atoms with E-state index >= 15 is 0 Å². The molecule has 1 aromatic carbocycles. The summed E-state index contributed by atoms with van der Waals surface area (Å²) in [6.07, 6.45) is 43.7. The van der Waals surface area contributed by atoms with Crippen LogP contribution < -0.4 is 15.2 Å². The highest BCUT2D eigenvalue weighted by Gasteiger charge is 2.13. The minimum atomic E-state index is 0.0415. The van der Waals surface area contributed by atoms with E-state index < -0.39 is 0 Å². The monoisotopic (exact) mass is 657 g/mol. The van der Waals surface area contributed by atoms with Crippen molar-refractivity contribution in [3.8, 4) is 11.5 Å². The Morgan fingerprint density at radius 1 is 0.447 bits per heavy atom. The second-order valence-electron chi connectivity index (χ2n) is 14.4. The molecule has 0 amide bonds. The van der Waals surface area contributed by atoms with E-state index in [-0.39, 0.29) is 5.84 Å². The van der Waals surface area contributed by atoms with Crippen LogP contribution in [0, 0.1) is 5.41 Å². The number of unbranched alkanes of at least 4 members (excludes halogenated alkanes) is 30. The summed E-state index contributed by atoms with van der Waals surface area (Å²) in [6, 6.07) is 5.75. The highest BCUT2D eigenvalue weighted by molar-refractivity contribution is 5.98. The molecule has 0 atom stereocenters. The number of nitrogens with one attached hydrogen (secondary N) is 1. The Labute approximate surface area is 293 Å². The van der Waals surface area contributed by atoms with Crippen molar-refractivity contribution < 1.29 is 9.47 Å². The summed E-state index contributed by atoms with van der Waals surface area (Å²) in [5.41, 5.74) is 6.54. The quantitative estimate of drug-likeness (QED) is 0.0425. The average Bonchev–Trinajstić information content (AvgIpc) is 3.07. The number of nitrogen functional groups attached to an aromatic ring is 1. The van der Waals surface area contributed by atoms with Gasteiger partial charge in [0.2, 0.25) is 0 Å². The van der Waals surface area contributed by atoms with E-state index in [0.29, 0.717) is 24.5 Å². The Kier molecular flexibility index (Phi) is 31.5. The molecule has 0 unspecified atom stereocenters. The van der Waals surface area contributed by atoms with Gasteiger partial charge in [0.15, 0.2) is 11.5 Å². The van der Waals surface area contributed by atoms with Crippen LogP contribution in [0.25, 0.3) is 0 Å². The first-order chi connectivity index (χ1) is 23.2. The molecule has 4 nitrogen and oxygen atoms in total. The summed E-state index contributed by atoms with van der Waals surface area (Å²) in [5, 5.41) is 8.03. The summed E-state index contributed by atoms with van der Waals surface area (Å²) in [4.78, 5) is 0. The summed E-state index contributed by atoms with van der Waals surface area (Å²) >= 11 is 0. The molecule has 0 aromatic heterocycles. The van der Waals surface area contributed by atoms with Gasteiger partial charge in [0, 0.05) is 0 Å². The number of rotatable bonds is 37. The molecular weight excluding hydrogens is 576 g/mol. The van der Waals surface area contributed by atoms with E-state index in [1.807, 2.05) is 18.2 Å². The second-order valence-corrected chi connectivity index (χ2v) is 14.4. The van der Waals surface area contributed by atoms with Gasteiger partial charge < -0.3 is 15.2 Å². The molecule has 0 heterocycles. The Morgan fingerprint density at radius 3 is 1.06 bits per heavy atom. The fraction of sp³-hybridized carbons (Fsp3) is 0.837. The molecular formula is C43H80N2O2. The third-order valence-corrected chi connectivity index (χ3v) is 9.77. The lowest BCUT2D eigenvalue weighted by Gasteiger charge is -2.16. The average molecular weight is 657 g/mol. The van der Waals surface area contributed by atoms with Crippen molar-refractivity contribution in [3.63, 3.8) is 0 Å². The molecule has 0 radical (unpaired) electrons. The van der Waals surface area contributed by atoms with Gasteiger partial charge in [-0.3, -0.25) is 5.41 Å². The van der Waals surface area contributed by atoms with Crippen molar-refractivity contribution in [2.24, 2.45) is 5.73 Å². The smallest absolute Gasteiger partial charge is 0.172 e. The van der Waals surface area contributed by atoms with Crippen molar-refractivity contribution in [1.82, 2.24) is 0 Å². The van der Waals surface area contributed by atoms with E-state index in [4.69, 9.17) is 20.6 Å². The maximum atomic E-state index is 8.03. The topological polar surface area (TPSA) is 68.3 Å². The number of amidine groups is 1. The second kappa shape index (κ2) is 34.2. The fourth-order valence-corrected chi connectivity index (χ4v) is 6.65. The van der Waals surface area contributed by atoms with Gasteiger partial charge in [-0.1, -0.05) is 213 Å². The molecule has 0 bridgehead atoms. The van der Waals surface area contributed by atoms with Crippen LogP contribution in [-0.4, -0.2) is 19.0 Å². The summed E-state index contributed by atoms with van der Waals surface area (Å²) in [6.45, 7) is 5.92. The number of benzene rings is 1. The van der Waals surface area contributed by atoms with Gasteiger partial charge in [0.25, 0.3) is 0 Å². The van der Waals surface area contributed by atoms with Gasteiger partial charge >= 0.3 is 0 Å². The lowest BCUT2D eigenvalue weighted by molar-refractivity contribution is 0.258. The van der Waals surface area contributed by atoms with E-state index in [0.717, 1.165) is 18.6 Å². The molecule has 274 valence electrons. The number of ether oxygens (including phenoxy) is 2. The Balaban J connectivity index is 2.05. The van der Waals surface area contributed by atoms with E-state index in [1.54, 1.807) is 0 Å². The van der Waals surface area contributed by atoms with E-state index in [2.05, 4.69) is 13.8 Å². The number of hydrogen-bond acceptors (Lipinski definition) is 3. The molecule has 3 N–H and O–H groups in total. The predicted molar refractivity (Wildman–Crippen MR) is 208 cm³/mol. The lowest BCUT2D eigenvalue weighted by atomic mass is 10.0. The maximum absolute atomic E-state index is 8.03. The molecule has 0 saturated heterocycles. The summed E-state index contributed by atoms with van der Waals surface area (Å²) < 4.78 is 12.3. The van der Waals surface area contributed by atoms with Crippen LogP contribution in [0.15, 0.2) is 18.2 Å². The lowest BCUT2D eigenvalue weighted by Crippen LogP contribution is -2.14.